The molecule has 0 bridgehead atoms. The fourth-order valence-corrected chi connectivity index (χ4v) is 5.39. The maximum absolute atomic E-state index is 12.3. The summed E-state index contributed by atoms with van der Waals surface area (Å²) in [6.45, 7) is 1.56. The van der Waals surface area contributed by atoms with E-state index in [9.17, 15) is 4.79 Å². The molecule has 2 aromatic carbocycles. The molecule has 2 heterocycles. The minimum Gasteiger partial charge on any atom is -0.384 e. The number of rotatable bonds is 10. The molecule has 0 saturated heterocycles. The first-order valence-corrected chi connectivity index (χ1v) is 13.2. The molecule has 35 heavy (non-hydrogen) atoms. The average Bonchev–Trinajstić information content (AvgIpc) is 3.29. The lowest BCUT2D eigenvalue weighted by Crippen LogP contribution is -2.25. The van der Waals surface area contributed by atoms with Crippen LogP contribution in [0.3, 0.4) is 0 Å². The molecule has 182 valence electrons. The van der Waals surface area contributed by atoms with Gasteiger partial charge in [-0.15, -0.1) is 0 Å². The minimum absolute atomic E-state index is 0.140. The monoisotopic (exact) mass is 488 g/mol. The molecule has 0 radical (unpaired) electrons. The Morgan fingerprint density at radius 1 is 0.971 bits per heavy atom. The highest BCUT2D eigenvalue weighted by Gasteiger charge is 2.19. The highest BCUT2D eigenvalue weighted by atomic mass is 35.5. The van der Waals surface area contributed by atoms with Crippen molar-refractivity contribution in [3.63, 3.8) is 0 Å². The Balaban J connectivity index is 1.06. The van der Waals surface area contributed by atoms with Crippen molar-refractivity contribution in [3.05, 3.63) is 70.5 Å². The number of unbranched alkanes of at least 4 members (excludes halogenated alkanes) is 2. The molecule has 5 nitrogen and oxygen atoms in total. The number of nitrogens with one attached hydrogen (secondary N) is 3. The van der Waals surface area contributed by atoms with Crippen LogP contribution < -0.4 is 10.6 Å². The summed E-state index contributed by atoms with van der Waals surface area (Å²) in [5.74, 6) is 0.140. The predicted octanol–water partition coefficient (Wildman–Crippen LogP) is 6.58. The topological polar surface area (TPSA) is 69.8 Å². The third-order valence-corrected chi connectivity index (χ3v) is 7.32. The SMILES string of the molecule is O=C(CCCCCNc1c2c(nc3c(Cl)cccc13)CCCC2)NCCc1c[nH]c2ccccc12. The number of amides is 1. The summed E-state index contributed by atoms with van der Waals surface area (Å²) >= 11 is 6.46. The molecule has 3 N–H and O–H groups in total. The van der Waals surface area contributed by atoms with Gasteiger partial charge in [0.25, 0.3) is 0 Å². The van der Waals surface area contributed by atoms with Gasteiger partial charge in [-0.05, 0) is 68.2 Å². The molecule has 1 aliphatic rings. The van der Waals surface area contributed by atoms with Gasteiger partial charge in [-0.3, -0.25) is 9.78 Å². The first-order chi connectivity index (χ1) is 17.2. The van der Waals surface area contributed by atoms with Crippen molar-refractivity contribution in [2.24, 2.45) is 0 Å². The van der Waals surface area contributed by atoms with E-state index >= 15 is 0 Å². The van der Waals surface area contributed by atoms with Crippen molar-refractivity contribution in [3.8, 4) is 0 Å². The number of carbonyl (C=O) groups excluding carboxylic acids is 1. The van der Waals surface area contributed by atoms with E-state index in [1.807, 2.05) is 30.5 Å². The van der Waals surface area contributed by atoms with Crippen molar-refractivity contribution in [2.45, 2.75) is 57.8 Å². The van der Waals surface area contributed by atoms with Crippen molar-refractivity contribution >= 4 is 45.0 Å². The van der Waals surface area contributed by atoms with Gasteiger partial charge in [0.1, 0.15) is 0 Å². The molecule has 2 aromatic heterocycles. The van der Waals surface area contributed by atoms with Crippen LogP contribution in [-0.4, -0.2) is 29.0 Å². The summed E-state index contributed by atoms with van der Waals surface area (Å²) in [6, 6.07) is 14.3. The van der Waals surface area contributed by atoms with Crippen molar-refractivity contribution < 1.29 is 4.79 Å². The van der Waals surface area contributed by atoms with Gasteiger partial charge in [-0.25, -0.2) is 0 Å². The van der Waals surface area contributed by atoms with E-state index in [1.54, 1.807) is 0 Å². The normalized spacial score (nSPS) is 13.2. The Morgan fingerprint density at radius 3 is 2.77 bits per heavy atom. The van der Waals surface area contributed by atoms with E-state index in [4.69, 9.17) is 16.6 Å². The number of anilines is 1. The van der Waals surface area contributed by atoms with Gasteiger partial charge in [0.15, 0.2) is 0 Å². The number of aromatic nitrogens is 2. The van der Waals surface area contributed by atoms with E-state index in [-0.39, 0.29) is 5.91 Å². The molecule has 1 aliphatic carbocycles. The van der Waals surface area contributed by atoms with Gasteiger partial charge >= 0.3 is 0 Å². The summed E-state index contributed by atoms with van der Waals surface area (Å²) in [5.41, 5.74) is 7.07. The molecule has 0 unspecified atom stereocenters. The maximum Gasteiger partial charge on any atom is 0.220 e. The van der Waals surface area contributed by atoms with E-state index in [0.29, 0.717) is 13.0 Å². The van der Waals surface area contributed by atoms with Crippen molar-refractivity contribution in [2.75, 3.05) is 18.4 Å². The van der Waals surface area contributed by atoms with Gasteiger partial charge in [0.05, 0.1) is 10.5 Å². The molecule has 0 aliphatic heterocycles. The second kappa shape index (κ2) is 11.1. The zero-order valence-electron chi connectivity index (χ0n) is 20.1. The summed E-state index contributed by atoms with van der Waals surface area (Å²) < 4.78 is 0. The number of aromatic amines is 1. The predicted molar refractivity (Wildman–Crippen MR) is 145 cm³/mol. The molecule has 5 rings (SSSR count). The Morgan fingerprint density at radius 2 is 1.83 bits per heavy atom. The summed E-state index contributed by atoms with van der Waals surface area (Å²) in [7, 11) is 0. The van der Waals surface area contributed by atoms with E-state index < -0.39 is 0 Å². The lowest BCUT2D eigenvalue weighted by Gasteiger charge is -2.22. The third-order valence-electron chi connectivity index (χ3n) is 7.02. The van der Waals surface area contributed by atoms with E-state index in [0.717, 1.165) is 66.5 Å². The number of fused-ring (bicyclic) bond motifs is 3. The van der Waals surface area contributed by atoms with Crippen LogP contribution in [0.2, 0.25) is 5.02 Å². The number of benzene rings is 2. The fourth-order valence-electron chi connectivity index (χ4n) is 5.18. The first kappa shape index (κ1) is 23.7. The Labute approximate surface area is 211 Å². The second-order valence-corrected chi connectivity index (χ2v) is 9.86. The number of pyridine rings is 1. The quantitative estimate of drug-likeness (QED) is 0.221. The standard InChI is InChI=1S/C29H33ClN4O/c30-24-12-8-11-23-28(22-10-4-6-14-26(22)34-29(23)24)32-17-7-1-2-15-27(35)31-18-16-20-19-33-25-13-5-3-9-21(20)25/h3,5,8-9,11-13,19,33H,1-2,4,6-7,10,14-18H2,(H,31,35)(H,32,34). The van der Waals surface area contributed by atoms with Crippen LogP contribution >= 0.6 is 11.6 Å². The van der Waals surface area contributed by atoms with Gasteiger partial charge < -0.3 is 15.6 Å². The van der Waals surface area contributed by atoms with Crippen molar-refractivity contribution in [1.29, 1.82) is 0 Å². The third kappa shape index (κ3) is 5.46. The number of nitrogens with zero attached hydrogens (tertiary/aromatic N) is 1. The van der Waals surface area contributed by atoms with Crippen LogP contribution in [0.25, 0.3) is 21.8 Å². The maximum atomic E-state index is 12.3. The summed E-state index contributed by atoms with van der Waals surface area (Å²) in [6.07, 6.45) is 10.9. The van der Waals surface area contributed by atoms with Crippen LogP contribution in [0.1, 0.15) is 55.3 Å². The largest absolute Gasteiger partial charge is 0.384 e. The molecule has 0 saturated carbocycles. The molecule has 0 spiro atoms. The van der Waals surface area contributed by atoms with Gasteiger partial charge in [-0.2, -0.15) is 0 Å². The molecule has 4 aromatic rings. The lowest BCUT2D eigenvalue weighted by atomic mass is 9.92. The molecule has 0 fully saturated rings. The lowest BCUT2D eigenvalue weighted by molar-refractivity contribution is -0.121. The number of H-pyrrole nitrogens is 1. The Kier molecular flexibility index (Phi) is 7.53. The Hall–Kier alpha value is -3.05. The molecule has 6 heteroatoms. The average molecular weight is 489 g/mol. The number of aryl methyl sites for hydroxylation is 1. The zero-order valence-corrected chi connectivity index (χ0v) is 20.9. The fraction of sp³-hybridized carbons (Fsp3) is 0.379. The van der Waals surface area contributed by atoms with Crippen LogP contribution in [0.4, 0.5) is 5.69 Å². The molecule has 0 atom stereocenters. The zero-order chi connectivity index (χ0) is 24.0. The number of hydrogen-bond acceptors (Lipinski definition) is 3. The smallest absolute Gasteiger partial charge is 0.220 e. The van der Waals surface area contributed by atoms with E-state index in [1.165, 1.54) is 40.7 Å². The molecular formula is C29H33ClN4O. The van der Waals surface area contributed by atoms with Crippen LogP contribution in [0.15, 0.2) is 48.7 Å². The Bertz CT molecular complexity index is 1330. The number of hydrogen-bond donors (Lipinski definition) is 3. The summed E-state index contributed by atoms with van der Waals surface area (Å²) in [5, 5.41) is 9.84. The first-order valence-electron chi connectivity index (χ1n) is 12.9. The number of carbonyl (C=O) groups is 1. The van der Waals surface area contributed by atoms with Gasteiger partial charge in [0.2, 0.25) is 5.91 Å². The summed E-state index contributed by atoms with van der Waals surface area (Å²) in [4.78, 5) is 20.5. The van der Waals surface area contributed by atoms with E-state index in [2.05, 4.69) is 33.8 Å². The van der Waals surface area contributed by atoms with Gasteiger partial charge in [-0.1, -0.05) is 48.4 Å². The van der Waals surface area contributed by atoms with Crippen LogP contribution in [0, 0.1) is 0 Å². The van der Waals surface area contributed by atoms with Crippen LogP contribution in [-0.2, 0) is 24.1 Å². The highest BCUT2D eigenvalue weighted by Crippen LogP contribution is 2.35. The minimum atomic E-state index is 0.140. The highest BCUT2D eigenvalue weighted by molar-refractivity contribution is 6.35. The number of halogens is 1. The van der Waals surface area contributed by atoms with Crippen molar-refractivity contribution in [1.82, 2.24) is 15.3 Å². The van der Waals surface area contributed by atoms with Gasteiger partial charge in [0, 0.05) is 53.4 Å². The molecular weight excluding hydrogens is 456 g/mol. The second-order valence-electron chi connectivity index (χ2n) is 9.45. The molecule has 1 amide bonds. The van der Waals surface area contributed by atoms with Crippen LogP contribution in [0.5, 0.6) is 0 Å². The number of para-hydroxylation sites is 2.